The van der Waals surface area contributed by atoms with Gasteiger partial charge in [-0.1, -0.05) is 0 Å². The van der Waals surface area contributed by atoms with Gasteiger partial charge < -0.3 is 9.47 Å². The number of rotatable bonds is 5. The zero-order valence-corrected chi connectivity index (χ0v) is 10.6. The van der Waals surface area contributed by atoms with Gasteiger partial charge in [0.25, 0.3) is 0 Å². The van der Waals surface area contributed by atoms with E-state index in [-0.39, 0.29) is 12.7 Å². The lowest BCUT2D eigenvalue weighted by molar-refractivity contribution is -0.238. The molecule has 0 amide bonds. The van der Waals surface area contributed by atoms with E-state index in [4.69, 9.17) is 9.47 Å². The zero-order valence-electron chi connectivity index (χ0n) is 10.6. The molecule has 1 rings (SSSR count). The molecule has 0 saturated carbocycles. The van der Waals surface area contributed by atoms with Crippen molar-refractivity contribution in [3.8, 4) is 0 Å². The minimum absolute atomic E-state index is 0.245. The maximum absolute atomic E-state index is 11.0. The van der Waals surface area contributed by atoms with Crippen molar-refractivity contribution in [1.29, 1.82) is 0 Å². The molecule has 0 aromatic carbocycles. The monoisotopic (exact) mass is 242 g/mol. The number of hydrazone groups is 2. The van der Waals surface area contributed by atoms with Gasteiger partial charge in [-0.25, -0.2) is 0 Å². The lowest BCUT2D eigenvalue weighted by Gasteiger charge is -2.40. The van der Waals surface area contributed by atoms with E-state index in [0.29, 0.717) is 6.61 Å². The van der Waals surface area contributed by atoms with Crippen LogP contribution in [0.3, 0.4) is 0 Å². The Morgan fingerprint density at radius 2 is 2.00 bits per heavy atom. The van der Waals surface area contributed by atoms with Crippen LogP contribution in [-0.4, -0.2) is 47.7 Å². The van der Waals surface area contributed by atoms with E-state index < -0.39 is 5.72 Å². The Morgan fingerprint density at radius 1 is 1.35 bits per heavy atom. The Morgan fingerprint density at radius 3 is 2.59 bits per heavy atom. The quantitative estimate of drug-likeness (QED) is 0.667. The molecule has 0 unspecified atom stereocenters. The molecule has 0 aliphatic carbocycles. The lowest BCUT2D eigenvalue weighted by Crippen LogP contribution is -2.53. The summed E-state index contributed by atoms with van der Waals surface area (Å²) in [6, 6.07) is 0. The van der Waals surface area contributed by atoms with Crippen LogP contribution in [-0.2, 0) is 14.3 Å². The zero-order chi connectivity index (χ0) is 12.9. The topological polar surface area (TPSA) is 66.7 Å². The fraction of sp³-hybridized carbons (Fsp3) is 0.700. The van der Waals surface area contributed by atoms with E-state index in [1.807, 2.05) is 6.92 Å². The number of nitrogens with zero attached hydrogens (tertiary/aromatic N) is 4. The predicted molar refractivity (Wildman–Crippen MR) is 63.0 cm³/mol. The van der Waals surface area contributed by atoms with Gasteiger partial charge in [0.05, 0.1) is 12.4 Å². The Labute approximate surface area is 101 Å². The summed E-state index contributed by atoms with van der Waals surface area (Å²) in [5.74, 6) is -0.379. The molecule has 96 valence electrons. The largest absolute Gasteiger partial charge is 0.436 e. The third kappa shape index (κ3) is 3.70. The molecule has 1 aliphatic heterocycles. The summed E-state index contributed by atoms with van der Waals surface area (Å²) in [5, 5.41) is 11.2. The van der Waals surface area contributed by atoms with Crippen molar-refractivity contribution >= 4 is 18.4 Å². The first-order valence-corrected chi connectivity index (χ1v) is 5.39. The molecule has 0 fully saturated rings. The molecule has 0 saturated heterocycles. The summed E-state index contributed by atoms with van der Waals surface area (Å²) in [6.07, 6.45) is 3.06. The summed E-state index contributed by atoms with van der Waals surface area (Å²) in [6.45, 7) is 7.51. The van der Waals surface area contributed by atoms with Crippen LogP contribution in [0.15, 0.2) is 10.2 Å². The second-order valence-corrected chi connectivity index (χ2v) is 3.85. The molecule has 7 nitrogen and oxygen atoms in total. The van der Waals surface area contributed by atoms with E-state index in [0.717, 1.165) is 0 Å². The summed E-state index contributed by atoms with van der Waals surface area (Å²) in [4.78, 5) is 11.0. The van der Waals surface area contributed by atoms with Crippen LogP contribution in [0.5, 0.6) is 0 Å². The highest BCUT2D eigenvalue weighted by atomic mass is 16.6. The van der Waals surface area contributed by atoms with Crippen LogP contribution in [0.25, 0.3) is 0 Å². The number of carbonyl (C=O) groups is 1. The van der Waals surface area contributed by atoms with Gasteiger partial charge in [0.2, 0.25) is 5.72 Å². The molecule has 1 heterocycles. The second kappa shape index (κ2) is 5.62. The average molecular weight is 242 g/mol. The van der Waals surface area contributed by atoms with Gasteiger partial charge in [0.1, 0.15) is 0 Å². The van der Waals surface area contributed by atoms with E-state index in [2.05, 4.69) is 10.2 Å². The van der Waals surface area contributed by atoms with Crippen molar-refractivity contribution in [2.75, 3.05) is 13.3 Å². The molecular weight excluding hydrogens is 224 g/mol. The van der Waals surface area contributed by atoms with Crippen molar-refractivity contribution in [1.82, 2.24) is 10.2 Å². The highest BCUT2D eigenvalue weighted by Crippen LogP contribution is 2.21. The summed E-state index contributed by atoms with van der Waals surface area (Å²) < 4.78 is 10.4. The number of ether oxygens (including phenoxy) is 2. The van der Waals surface area contributed by atoms with Crippen LogP contribution in [0, 0.1) is 0 Å². The van der Waals surface area contributed by atoms with E-state index >= 15 is 0 Å². The molecule has 0 bridgehead atoms. The van der Waals surface area contributed by atoms with Crippen LogP contribution in [0.1, 0.15) is 27.7 Å². The van der Waals surface area contributed by atoms with Crippen molar-refractivity contribution in [2.45, 2.75) is 33.4 Å². The highest BCUT2D eigenvalue weighted by molar-refractivity contribution is 6.16. The molecule has 0 aromatic rings. The van der Waals surface area contributed by atoms with Gasteiger partial charge in [-0.2, -0.15) is 15.3 Å². The van der Waals surface area contributed by atoms with Crippen LogP contribution in [0.2, 0.25) is 0 Å². The smallest absolute Gasteiger partial charge is 0.304 e. The minimum Gasteiger partial charge on any atom is -0.436 e. The van der Waals surface area contributed by atoms with Crippen molar-refractivity contribution in [3.05, 3.63) is 0 Å². The molecule has 0 N–H and O–H groups in total. The predicted octanol–water partition coefficient (Wildman–Crippen LogP) is 0.784. The van der Waals surface area contributed by atoms with Crippen LogP contribution in [0.4, 0.5) is 0 Å². The van der Waals surface area contributed by atoms with Crippen LogP contribution < -0.4 is 0 Å². The standard InChI is InChI=1S/C10H18N4O3/c1-5-16-8-13-11-6-7-12-14(13)10(3,4)17-9(2)15/h6-7H,5,8H2,1-4H3. The Bertz CT molecular complexity index is 328. The summed E-state index contributed by atoms with van der Waals surface area (Å²) in [5.41, 5.74) is -0.919. The first kappa shape index (κ1) is 13.4. The minimum atomic E-state index is -0.919. The Kier molecular flexibility index (Phi) is 4.45. The van der Waals surface area contributed by atoms with Crippen molar-refractivity contribution in [2.24, 2.45) is 10.2 Å². The molecule has 7 heteroatoms. The molecule has 0 radical (unpaired) electrons. The molecular formula is C10H18N4O3. The average Bonchev–Trinajstić information content (AvgIpc) is 2.25. The molecule has 0 aromatic heterocycles. The first-order valence-electron chi connectivity index (χ1n) is 5.39. The number of esters is 1. The van der Waals surface area contributed by atoms with E-state index in [9.17, 15) is 4.79 Å². The fourth-order valence-corrected chi connectivity index (χ4v) is 1.38. The maximum Gasteiger partial charge on any atom is 0.304 e. The highest BCUT2D eigenvalue weighted by Gasteiger charge is 2.34. The Balaban J connectivity index is 2.74. The first-order chi connectivity index (χ1) is 7.97. The number of hydrogen-bond donors (Lipinski definition) is 0. The summed E-state index contributed by atoms with van der Waals surface area (Å²) in [7, 11) is 0. The molecule has 1 aliphatic rings. The number of hydrogen-bond acceptors (Lipinski definition) is 7. The molecule has 0 spiro atoms. The van der Waals surface area contributed by atoms with Gasteiger partial charge in [-0.15, -0.1) is 5.12 Å². The normalized spacial score (nSPS) is 15.3. The van der Waals surface area contributed by atoms with Crippen LogP contribution >= 0.6 is 0 Å². The van der Waals surface area contributed by atoms with Gasteiger partial charge in [0, 0.05) is 13.5 Å². The molecule has 17 heavy (non-hydrogen) atoms. The SMILES string of the molecule is CCOCN1N=CC=NN1C(C)(C)OC(C)=O. The third-order valence-corrected chi connectivity index (χ3v) is 1.95. The maximum atomic E-state index is 11.0. The van der Waals surface area contributed by atoms with Gasteiger partial charge in [-0.3, -0.25) is 4.79 Å². The van der Waals surface area contributed by atoms with Gasteiger partial charge >= 0.3 is 5.97 Å². The second-order valence-electron chi connectivity index (χ2n) is 3.85. The van der Waals surface area contributed by atoms with Gasteiger partial charge in [0.15, 0.2) is 6.73 Å². The third-order valence-electron chi connectivity index (χ3n) is 1.95. The van der Waals surface area contributed by atoms with Gasteiger partial charge in [-0.05, 0) is 20.8 Å². The van der Waals surface area contributed by atoms with Crippen molar-refractivity contribution in [3.63, 3.8) is 0 Å². The summed E-state index contributed by atoms with van der Waals surface area (Å²) >= 11 is 0. The fourth-order valence-electron chi connectivity index (χ4n) is 1.38. The van der Waals surface area contributed by atoms with E-state index in [1.165, 1.54) is 23.4 Å². The van der Waals surface area contributed by atoms with E-state index in [1.54, 1.807) is 20.1 Å². The van der Waals surface area contributed by atoms with Crippen molar-refractivity contribution < 1.29 is 14.3 Å². The molecule has 0 atom stereocenters. The number of hydrazine groups is 1. The number of carbonyl (C=O) groups excluding carboxylic acids is 1. The Hall–Kier alpha value is -1.63. The lowest BCUT2D eigenvalue weighted by atomic mass is 10.3.